The molecule has 2 atom stereocenters. The monoisotopic (exact) mass is 319 g/mol. The highest BCUT2D eigenvalue weighted by molar-refractivity contribution is 5.55. The normalized spacial score (nSPS) is 27.2. The number of rotatable bonds is 3. The molecule has 1 aromatic carbocycles. The lowest BCUT2D eigenvalue weighted by molar-refractivity contribution is -0.385. The summed E-state index contributed by atoms with van der Waals surface area (Å²) >= 11 is 0. The second kappa shape index (κ2) is 5.65. The molecule has 0 aliphatic carbocycles. The first-order valence-electron chi connectivity index (χ1n) is 8.18. The number of fused-ring (bicyclic) bond motifs is 2. The van der Waals surface area contributed by atoms with Gasteiger partial charge in [0.25, 0.3) is 5.69 Å². The van der Waals surface area contributed by atoms with Crippen LogP contribution in [-0.4, -0.2) is 53.2 Å². The Balaban J connectivity index is 1.59. The molecule has 2 saturated heterocycles. The predicted molar refractivity (Wildman–Crippen MR) is 83.7 cm³/mol. The molecule has 3 heterocycles. The van der Waals surface area contributed by atoms with Crippen molar-refractivity contribution < 1.29 is 14.4 Å². The summed E-state index contributed by atoms with van der Waals surface area (Å²) in [7, 11) is 0. The summed E-state index contributed by atoms with van der Waals surface area (Å²) in [6.45, 7) is 6.14. The van der Waals surface area contributed by atoms with E-state index < -0.39 is 0 Å². The lowest BCUT2D eigenvalue weighted by Crippen LogP contribution is -2.55. The van der Waals surface area contributed by atoms with Crippen LogP contribution in [-0.2, 0) is 6.54 Å². The van der Waals surface area contributed by atoms with Gasteiger partial charge in [-0.15, -0.1) is 0 Å². The largest absolute Gasteiger partial charge is 0.454 e. The molecular formula is C16H21N3O4. The number of nitro groups is 1. The van der Waals surface area contributed by atoms with Crippen molar-refractivity contribution in [2.75, 3.05) is 26.4 Å². The van der Waals surface area contributed by atoms with Gasteiger partial charge in [-0.3, -0.25) is 19.9 Å². The van der Waals surface area contributed by atoms with Gasteiger partial charge in [0.15, 0.2) is 11.5 Å². The van der Waals surface area contributed by atoms with Gasteiger partial charge in [-0.1, -0.05) is 0 Å². The van der Waals surface area contributed by atoms with Crippen LogP contribution in [0.1, 0.15) is 25.3 Å². The molecule has 0 radical (unpaired) electrons. The van der Waals surface area contributed by atoms with E-state index in [2.05, 4.69) is 16.7 Å². The average Bonchev–Trinajstić information content (AvgIpc) is 3.17. The molecule has 2 fully saturated rings. The summed E-state index contributed by atoms with van der Waals surface area (Å²) in [4.78, 5) is 16.0. The zero-order valence-corrected chi connectivity index (χ0v) is 13.2. The average molecular weight is 319 g/mol. The Morgan fingerprint density at radius 3 is 2.83 bits per heavy atom. The van der Waals surface area contributed by atoms with Crippen molar-refractivity contribution in [3.05, 3.63) is 27.8 Å². The highest BCUT2D eigenvalue weighted by Gasteiger charge is 2.37. The van der Waals surface area contributed by atoms with Crippen molar-refractivity contribution in [3.8, 4) is 11.5 Å². The molecule has 23 heavy (non-hydrogen) atoms. The molecular weight excluding hydrogens is 298 g/mol. The lowest BCUT2D eigenvalue weighted by atomic mass is 10.0. The number of hydrogen-bond acceptors (Lipinski definition) is 6. The van der Waals surface area contributed by atoms with E-state index in [1.807, 2.05) is 0 Å². The van der Waals surface area contributed by atoms with Crippen LogP contribution in [0.3, 0.4) is 0 Å². The number of hydrogen-bond donors (Lipinski definition) is 0. The van der Waals surface area contributed by atoms with Gasteiger partial charge in [-0.2, -0.15) is 0 Å². The third-order valence-corrected chi connectivity index (χ3v) is 5.37. The van der Waals surface area contributed by atoms with Crippen LogP contribution in [0.15, 0.2) is 12.1 Å². The molecule has 0 amide bonds. The van der Waals surface area contributed by atoms with E-state index in [1.54, 1.807) is 6.07 Å². The summed E-state index contributed by atoms with van der Waals surface area (Å²) in [6, 6.07) is 4.26. The van der Waals surface area contributed by atoms with Crippen LogP contribution in [0.2, 0.25) is 0 Å². The Hall–Kier alpha value is -1.86. The first-order valence-corrected chi connectivity index (χ1v) is 8.18. The molecule has 0 bridgehead atoms. The topological polar surface area (TPSA) is 68.1 Å². The summed E-state index contributed by atoms with van der Waals surface area (Å²) in [5.41, 5.74) is 0.827. The molecule has 1 aromatic rings. The minimum absolute atomic E-state index is 0.121. The van der Waals surface area contributed by atoms with Gasteiger partial charge in [0.05, 0.1) is 11.0 Å². The SMILES string of the molecule is CC1C2CCCN2CCN1Cc1cc2c(cc1[N+](=O)[O-])OCO2. The van der Waals surface area contributed by atoms with Crippen molar-refractivity contribution in [1.82, 2.24) is 9.80 Å². The van der Waals surface area contributed by atoms with Gasteiger partial charge in [0.1, 0.15) is 0 Å². The van der Waals surface area contributed by atoms with Crippen LogP contribution in [0.5, 0.6) is 11.5 Å². The number of ether oxygens (including phenoxy) is 2. The summed E-state index contributed by atoms with van der Waals surface area (Å²) in [5.74, 6) is 1.08. The Kier molecular flexibility index (Phi) is 3.61. The maximum absolute atomic E-state index is 11.4. The summed E-state index contributed by atoms with van der Waals surface area (Å²) in [6.07, 6.45) is 2.48. The minimum atomic E-state index is -0.326. The van der Waals surface area contributed by atoms with Crippen molar-refractivity contribution in [3.63, 3.8) is 0 Å². The fourth-order valence-corrected chi connectivity index (χ4v) is 4.09. The van der Waals surface area contributed by atoms with Crippen molar-refractivity contribution in [2.45, 2.75) is 38.4 Å². The van der Waals surface area contributed by atoms with Crippen LogP contribution in [0, 0.1) is 10.1 Å². The minimum Gasteiger partial charge on any atom is -0.454 e. The van der Waals surface area contributed by atoms with Crippen molar-refractivity contribution in [2.24, 2.45) is 0 Å². The molecule has 4 rings (SSSR count). The maximum Gasteiger partial charge on any atom is 0.277 e. The number of benzene rings is 1. The Labute approximate surface area is 134 Å². The second-order valence-electron chi connectivity index (χ2n) is 6.55. The van der Waals surface area contributed by atoms with E-state index in [-0.39, 0.29) is 17.4 Å². The Bertz CT molecular complexity index is 636. The third-order valence-electron chi connectivity index (χ3n) is 5.37. The molecule has 0 aromatic heterocycles. The maximum atomic E-state index is 11.4. The van der Waals surface area contributed by atoms with E-state index >= 15 is 0 Å². The summed E-state index contributed by atoms with van der Waals surface area (Å²) in [5, 5.41) is 11.4. The van der Waals surface area contributed by atoms with Crippen molar-refractivity contribution in [1.29, 1.82) is 0 Å². The smallest absolute Gasteiger partial charge is 0.277 e. The molecule has 0 saturated carbocycles. The van der Waals surface area contributed by atoms with E-state index in [9.17, 15) is 10.1 Å². The van der Waals surface area contributed by atoms with Gasteiger partial charge in [0.2, 0.25) is 6.79 Å². The molecule has 7 heteroatoms. The predicted octanol–water partition coefficient (Wildman–Crippen LogP) is 1.99. The van der Waals surface area contributed by atoms with Crippen LogP contribution < -0.4 is 9.47 Å². The first-order chi connectivity index (χ1) is 11.1. The number of nitrogens with zero attached hydrogens (tertiary/aromatic N) is 3. The quantitative estimate of drug-likeness (QED) is 0.627. The van der Waals surface area contributed by atoms with Crippen LogP contribution >= 0.6 is 0 Å². The zero-order valence-electron chi connectivity index (χ0n) is 13.2. The van der Waals surface area contributed by atoms with E-state index in [0.29, 0.717) is 35.7 Å². The molecule has 2 unspecified atom stereocenters. The zero-order chi connectivity index (χ0) is 16.0. The summed E-state index contributed by atoms with van der Waals surface area (Å²) < 4.78 is 10.7. The molecule has 0 spiro atoms. The van der Waals surface area contributed by atoms with Crippen LogP contribution in [0.4, 0.5) is 5.69 Å². The first kappa shape index (κ1) is 14.7. The van der Waals surface area contributed by atoms with E-state index in [1.165, 1.54) is 25.5 Å². The van der Waals surface area contributed by atoms with Crippen LogP contribution in [0.25, 0.3) is 0 Å². The van der Waals surface area contributed by atoms with Crippen molar-refractivity contribution >= 4 is 5.69 Å². The second-order valence-corrected chi connectivity index (χ2v) is 6.55. The molecule has 0 N–H and O–H groups in total. The number of nitro benzene ring substituents is 1. The Morgan fingerprint density at radius 1 is 1.26 bits per heavy atom. The molecule has 124 valence electrons. The van der Waals surface area contributed by atoms with Gasteiger partial charge in [-0.05, 0) is 32.4 Å². The molecule has 7 nitrogen and oxygen atoms in total. The molecule has 3 aliphatic rings. The lowest BCUT2D eigenvalue weighted by Gasteiger charge is -2.43. The standard InChI is InChI=1S/C16H21N3O4/c1-11-13-3-2-4-17(13)5-6-18(11)9-12-7-15-16(23-10-22-15)8-14(12)19(20)21/h7-8,11,13H,2-6,9-10H2,1H3. The highest BCUT2D eigenvalue weighted by Crippen LogP contribution is 2.39. The highest BCUT2D eigenvalue weighted by atomic mass is 16.7. The Morgan fingerprint density at radius 2 is 2.04 bits per heavy atom. The molecule has 3 aliphatic heterocycles. The van der Waals surface area contributed by atoms with Gasteiger partial charge < -0.3 is 9.47 Å². The number of piperazine rings is 1. The third kappa shape index (κ3) is 2.53. The van der Waals surface area contributed by atoms with E-state index in [0.717, 1.165) is 13.1 Å². The van der Waals surface area contributed by atoms with Gasteiger partial charge in [-0.25, -0.2) is 0 Å². The van der Waals surface area contributed by atoms with E-state index in [4.69, 9.17) is 9.47 Å². The fourth-order valence-electron chi connectivity index (χ4n) is 4.09. The fraction of sp³-hybridized carbons (Fsp3) is 0.625. The van der Waals surface area contributed by atoms with Gasteiger partial charge in [0, 0.05) is 37.3 Å². The van der Waals surface area contributed by atoms with Gasteiger partial charge >= 0.3 is 0 Å².